The van der Waals surface area contributed by atoms with Gasteiger partial charge in [0, 0.05) is 31.6 Å². The van der Waals surface area contributed by atoms with Gasteiger partial charge >= 0.3 is 0 Å². The van der Waals surface area contributed by atoms with Gasteiger partial charge in [-0.1, -0.05) is 0 Å². The minimum Gasteiger partial charge on any atom is -0.378 e. The molecule has 0 atom stereocenters. The van der Waals surface area contributed by atoms with Crippen molar-refractivity contribution in [2.75, 3.05) is 38.5 Å². The van der Waals surface area contributed by atoms with Gasteiger partial charge in [0.2, 0.25) is 10.0 Å². The largest absolute Gasteiger partial charge is 0.378 e. The van der Waals surface area contributed by atoms with Gasteiger partial charge < -0.3 is 9.64 Å². The van der Waals surface area contributed by atoms with Crippen molar-refractivity contribution in [2.24, 2.45) is 0 Å². The van der Waals surface area contributed by atoms with Crippen molar-refractivity contribution in [3.8, 4) is 0 Å². The summed E-state index contributed by atoms with van der Waals surface area (Å²) >= 11 is 1.23. The molecule has 0 spiro atoms. The molecule has 0 saturated carbocycles. The van der Waals surface area contributed by atoms with E-state index in [1.165, 1.54) is 15.8 Å². The summed E-state index contributed by atoms with van der Waals surface area (Å²) in [4.78, 5) is 13.8. The van der Waals surface area contributed by atoms with Crippen LogP contribution in [0.1, 0.15) is 24.3 Å². The van der Waals surface area contributed by atoms with Crippen molar-refractivity contribution in [2.45, 2.75) is 20.0 Å². The summed E-state index contributed by atoms with van der Waals surface area (Å²) in [6.07, 6.45) is 0.0165. The van der Waals surface area contributed by atoms with Crippen molar-refractivity contribution >= 4 is 27.5 Å². The van der Waals surface area contributed by atoms with Crippen molar-refractivity contribution in [3.63, 3.8) is 0 Å². The van der Waals surface area contributed by atoms with Gasteiger partial charge in [-0.05, 0) is 31.4 Å². The highest BCUT2D eigenvalue weighted by Crippen LogP contribution is 2.12. The lowest BCUT2D eigenvalue weighted by Crippen LogP contribution is -2.51. The number of hydrogen-bond acceptors (Lipinski definition) is 6. The van der Waals surface area contributed by atoms with Crippen LogP contribution >= 0.6 is 11.5 Å². The maximum Gasteiger partial charge on any atom is 0.273 e. The van der Waals surface area contributed by atoms with Crippen molar-refractivity contribution in [3.05, 3.63) is 17.1 Å². The Labute approximate surface area is 135 Å². The second kappa shape index (κ2) is 7.49. The molecule has 1 fully saturated rings. The fourth-order valence-electron chi connectivity index (χ4n) is 2.17. The average Bonchev–Trinajstić information content (AvgIpc) is 3.00. The number of ether oxygens (including phenoxy) is 1. The third-order valence-corrected chi connectivity index (χ3v) is 5.76. The van der Waals surface area contributed by atoms with Crippen molar-refractivity contribution in [1.82, 2.24) is 13.6 Å². The molecule has 0 unspecified atom stereocenters. The van der Waals surface area contributed by atoms with Crippen LogP contribution in [-0.4, -0.2) is 72.5 Å². The van der Waals surface area contributed by atoms with Gasteiger partial charge in [-0.3, -0.25) is 4.79 Å². The molecular formula is C13H21N3O4S2. The minimum absolute atomic E-state index is 0.0165. The summed E-state index contributed by atoms with van der Waals surface area (Å²) in [5, 5.41) is 1.75. The van der Waals surface area contributed by atoms with Gasteiger partial charge in [-0.15, -0.1) is 0 Å². The molecular weight excluding hydrogens is 326 g/mol. The van der Waals surface area contributed by atoms with Gasteiger partial charge in [-0.25, -0.2) is 8.42 Å². The Kier molecular flexibility index (Phi) is 5.90. The van der Waals surface area contributed by atoms with Crippen LogP contribution in [0.5, 0.6) is 0 Å². The van der Waals surface area contributed by atoms with Crippen LogP contribution in [0.3, 0.4) is 0 Å². The van der Waals surface area contributed by atoms with Gasteiger partial charge in [0.1, 0.15) is 5.69 Å². The summed E-state index contributed by atoms with van der Waals surface area (Å²) in [5.41, 5.74) is 0.423. The first-order valence-corrected chi connectivity index (χ1v) is 9.64. The molecule has 0 aromatic carbocycles. The van der Waals surface area contributed by atoms with Crippen LogP contribution in [0.4, 0.5) is 0 Å². The minimum atomic E-state index is -3.33. The molecule has 0 bridgehead atoms. The van der Waals surface area contributed by atoms with E-state index in [-0.39, 0.29) is 24.4 Å². The Hall–Kier alpha value is -1.03. The number of sulfonamides is 1. The number of carbonyl (C=O) groups is 1. The summed E-state index contributed by atoms with van der Waals surface area (Å²) in [5.74, 6) is -0.160. The lowest BCUT2D eigenvalue weighted by atomic mass is 10.3. The Morgan fingerprint density at radius 1 is 1.36 bits per heavy atom. The average molecular weight is 347 g/mol. The lowest BCUT2D eigenvalue weighted by molar-refractivity contribution is 0.0689. The molecule has 2 heterocycles. The van der Waals surface area contributed by atoms with Crippen molar-refractivity contribution < 1.29 is 17.9 Å². The van der Waals surface area contributed by atoms with Crippen LogP contribution in [0.15, 0.2) is 11.4 Å². The quantitative estimate of drug-likeness (QED) is 0.755. The number of nitrogens with zero attached hydrogens (tertiary/aromatic N) is 3. The summed E-state index contributed by atoms with van der Waals surface area (Å²) < 4.78 is 35.2. The zero-order chi connectivity index (χ0) is 16.2. The van der Waals surface area contributed by atoms with Crippen LogP contribution in [0.2, 0.25) is 0 Å². The number of aromatic nitrogens is 1. The molecule has 9 heteroatoms. The maximum atomic E-state index is 12.2. The number of piperazine rings is 1. The van der Waals surface area contributed by atoms with E-state index in [0.717, 1.165) is 0 Å². The molecule has 0 N–H and O–H groups in total. The number of carbonyl (C=O) groups excluding carboxylic acids is 1. The molecule has 1 aromatic heterocycles. The topological polar surface area (TPSA) is 79.8 Å². The normalized spacial score (nSPS) is 17.1. The van der Waals surface area contributed by atoms with E-state index in [0.29, 0.717) is 31.9 Å². The first kappa shape index (κ1) is 17.3. The molecule has 124 valence electrons. The predicted molar refractivity (Wildman–Crippen MR) is 84.5 cm³/mol. The van der Waals surface area contributed by atoms with Crippen LogP contribution in [-0.2, 0) is 14.8 Å². The van der Waals surface area contributed by atoms with E-state index in [1.807, 2.05) is 13.8 Å². The van der Waals surface area contributed by atoms with Gasteiger partial charge in [0.15, 0.2) is 0 Å². The van der Waals surface area contributed by atoms with Crippen LogP contribution < -0.4 is 0 Å². The highest BCUT2D eigenvalue weighted by atomic mass is 32.2. The van der Waals surface area contributed by atoms with Gasteiger partial charge in [0.05, 0.1) is 18.5 Å². The molecule has 22 heavy (non-hydrogen) atoms. The number of amides is 1. The smallest absolute Gasteiger partial charge is 0.273 e. The zero-order valence-electron chi connectivity index (χ0n) is 12.8. The van der Waals surface area contributed by atoms with Crippen molar-refractivity contribution in [1.29, 1.82) is 0 Å². The third kappa shape index (κ3) is 4.48. The molecule has 0 aliphatic carbocycles. The fourth-order valence-corrected chi connectivity index (χ4v) is 3.96. The van der Waals surface area contributed by atoms with Crippen LogP contribution in [0, 0.1) is 0 Å². The molecule has 1 aromatic rings. The first-order chi connectivity index (χ1) is 10.4. The summed E-state index contributed by atoms with van der Waals surface area (Å²) in [6.45, 7) is 5.35. The SMILES string of the molecule is CC(C)OCCS(=O)(=O)N1CCN(C(=O)c2ccsn2)CC1. The zero-order valence-corrected chi connectivity index (χ0v) is 14.4. The second-order valence-electron chi connectivity index (χ2n) is 5.31. The monoisotopic (exact) mass is 347 g/mol. The molecule has 0 radical (unpaired) electrons. The standard InChI is InChI=1S/C13H21N3O4S2/c1-11(2)20-8-10-22(18,19)16-6-4-15(5-7-16)13(17)12-3-9-21-14-12/h3,9,11H,4-8,10H2,1-2H3. The van der Waals surface area contributed by atoms with E-state index >= 15 is 0 Å². The molecule has 2 rings (SSSR count). The Bertz CT molecular complexity index is 578. The van der Waals surface area contributed by atoms with E-state index in [2.05, 4.69) is 4.37 Å². The number of hydrogen-bond donors (Lipinski definition) is 0. The molecule has 1 aliphatic heterocycles. The summed E-state index contributed by atoms with van der Waals surface area (Å²) in [7, 11) is -3.33. The van der Waals surface area contributed by atoms with Gasteiger partial charge in [0.25, 0.3) is 5.91 Å². The molecule has 1 aliphatic rings. The first-order valence-electron chi connectivity index (χ1n) is 7.19. The Balaban J connectivity index is 1.85. The Morgan fingerprint density at radius 3 is 2.59 bits per heavy atom. The van der Waals surface area contributed by atoms with E-state index in [9.17, 15) is 13.2 Å². The molecule has 7 nitrogen and oxygen atoms in total. The third-order valence-electron chi connectivity index (χ3n) is 3.37. The van der Waals surface area contributed by atoms with Gasteiger partial charge in [-0.2, -0.15) is 8.68 Å². The number of rotatable bonds is 6. The predicted octanol–water partition coefficient (Wildman–Crippen LogP) is 0.656. The molecule has 1 saturated heterocycles. The maximum absolute atomic E-state index is 12.2. The Morgan fingerprint density at radius 2 is 2.05 bits per heavy atom. The second-order valence-corrected chi connectivity index (χ2v) is 8.07. The highest BCUT2D eigenvalue weighted by Gasteiger charge is 2.29. The summed E-state index contributed by atoms with van der Waals surface area (Å²) in [6, 6.07) is 1.68. The van der Waals surface area contributed by atoms with Crippen LogP contribution in [0.25, 0.3) is 0 Å². The highest BCUT2D eigenvalue weighted by molar-refractivity contribution is 7.89. The lowest BCUT2D eigenvalue weighted by Gasteiger charge is -2.33. The van der Waals surface area contributed by atoms with E-state index < -0.39 is 10.0 Å². The fraction of sp³-hybridized carbons (Fsp3) is 0.692. The van der Waals surface area contributed by atoms with E-state index in [1.54, 1.807) is 16.3 Å². The molecule has 1 amide bonds. The van der Waals surface area contributed by atoms with E-state index in [4.69, 9.17) is 4.74 Å².